The number of hydrogen-bond acceptors (Lipinski definition) is 5. The van der Waals surface area contributed by atoms with Gasteiger partial charge >= 0.3 is 0 Å². The van der Waals surface area contributed by atoms with E-state index in [2.05, 4.69) is 20.8 Å². The van der Waals surface area contributed by atoms with Crippen LogP contribution in [0.25, 0.3) is 0 Å². The van der Waals surface area contributed by atoms with Crippen molar-refractivity contribution in [2.75, 3.05) is 10.6 Å². The van der Waals surface area contributed by atoms with E-state index in [0.29, 0.717) is 15.8 Å². The Kier molecular flexibility index (Phi) is 6.05. The molecule has 0 saturated heterocycles. The zero-order valence-electron chi connectivity index (χ0n) is 14.1. The van der Waals surface area contributed by atoms with Crippen molar-refractivity contribution in [2.24, 2.45) is 0 Å². The third-order valence-corrected chi connectivity index (χ3v) is 5.13. The summed E-state index contributed by atoms with van der Waals surface area (Å²) in [7, 11) is 0. The maximum atomic E-state index is 12.6. The van der Waals surface area contributed by atoms with E-state index >= 15 is 0 Å². The van der Waals surface area contributed by atoms with Gasteiger partial charge in [0.05, 0.1) is 21.8 Å². The van der Waals surface area contributed by atoms with Crippen LogP contribution in [0, 0.1) is 0 Å². The van der Waals surface area contributed by atoms with Gasteiger partial charge in [0.15, 0.2) is 0 Å². The van der Waals surface area contributed by atoms with Gasteiger partial charge in [-0.05, 0) is 36.8 Å². The fraction of sp³-hybridized carbons (Fsp3) is 0.111. The van der Waals surface area contributed by atoms with Gasteiger partial charge in [-0.1, -0.05) is 53.6 Å². The number of nitrogens with zero attached hydrogens (tertiary/aromatic N) is 2. The summed E-state index contributed by atoms with van der Waals surface area (Å²) in [6, 6.07) is 11.2. The quantitative estimate of drug-likeness (QED) is 0.613. The molecule has 0 bridgehead atoms. The molecule has 0 aliphatic heterocycles. The molecule has 138 valence electrons. The Morgan fingerprint density at radius 3 is 2.48 bits per heavy atom. The first kappa shape index (κ1) is 19.3. The van der Waals surface area contributed by atoms with Crippen LogP contribution in [0.4, 0.5) is 10.8 Å². The number of carbonyl (C=O) groups is 2. The Balaban J connectivity index is 1.82. The molecule has 2 amide bonds. The average Bonchev–Trinajstić information content (AvgIpc) is 3.11. The van der Waals surface area contributed by atoms with E-state index in [1.807, 2.05) is 6.92 Å². The number of anilines is 2. The lowest BCUT2D eigenvalue weighted by molar-refractivity contribution is 0.102. The molecule has 2 N–H and O–H groups in total. The summed E-state index contributed by atoms with van der Waals surface area (Å²) in [6.45, 7) is 1.96. The van der Waals surface area contributed by atoms with Crippen LogP contribution in [0.2, 0.25) is 10.0 Å². The van der Waals surface area contributed by atoms with Crippen molar-refractivity contribution in [2.45, 2.75) is 13.3 Å². The Labute approximate surface area is 169 Å². The SMILES string of the molecule is CCc1nnc(NC(=O)c2ccccc2NC(=O)c2cc(Cl)ccc2Cl)s1. The first-order chi connectivity index (χ1) is 13.0. The predicted octanol–water partition coefficient (Wildman–Crippen LogP) is 4.91. The molecule has 0 aliphatic rings. The number of benzene rings is 2. The highest BCUT2D eigenvalue weighted by Gasteiger charge is 2.17. The van der Waals surface area contributed by atoms with Gasteiger partial charge in [-0.15, -0.1) is 10.2 Å². The van der Waals surface area contributed by atoms with Crippen LogP contribution in [-0.4, -0.2) is 22.0 Å². The monoisotopic (exact) mass is 420 g/mol. The second-order valence-electron chi connectivity index (χ2n) is 5.43. The van der Waals surface area contributed by atoms with E-state index in [-0.39, 0.29) is 16.1 Å². The summed E-state index contributed by atoms with van der Waals surface area (Å²) in [6.07, 6.45) is 0.737. The Morgan fingerprint density at radius 1 is 1.00 bits per heavy atom. The smallest absolute Gasteiger partial charge is 0.259 e. The van der Waals surface area contributed by atoms with Crippen molar-refractivity contribution in [3.63, 3.8) is 0 Å². The molecular formula is C18H14Cl2N4O2S. The van der Waals surface area contributed by atoms with E-state index in [1.165, 1.54) is 23.5 Å². The topological polar surface area (TPSA) is 84.0 Å². The minimum atomic E-state index is -0.466. The first-order valence-corrected chi connectivity index (χ1v) is 9.54. The fourth-order valence-corrected chi connectivity index (χ4v) is 3.31. The molecule has 0 spiro atoms. The van der Waals surface area contributed by atoms with Gasteiger partial charge in [-0.3, -0.25) is 14.9 Å². The molecule has 0 fully saturated rings. The third-order valence-electron chi connectivity index (χ3n) is 3.58. The molecular weight excluding hydrogens is 407 g/mol. The summed E-state index contributed by atoms with van der Waals surface area (Å²) in [5.74, 6) is -0.867. The van der Waals surface area contributed by atoms with Crippen LogP contribution in [-0.2, 0) is 6.42 Å². The van der Waals surface area contributed by atoms with Crippen LogP contribution in [0.15, 0.2) is 42.5 Å². The minimum Gasteiger partial charge on any atom is -0.321 e. The van der Waals surface area contributed by atoms with E-state index in [1.54, 1.807) is 30.3 Å². The highest BCUT2D eigenvalue weighted by molar-refractivity contribution is 7.15. The van der Waals surface area contributed by atoms with E-state index in [9.17, 15) is 9.59 Å². The minimum absolute atomic E-state index is 0.219. The molecule has 6 nitrogen and oxygen atoms in total. The predicted molar refractivity (Wildman–Crippen MR) is 108 cm³/mol. The average molecular weight is 421 g/mol. The third kappa shape index (κ3) is 4.63. The van der Waals surface area contributed by atoms with Crippen molar-refractivity contribution in [1.82, 2.24) is 10.2 Å². The lowest BCUT2D eigenvalue weighted by atomic mass is 10.1. The van der Waals surface area contributed by atoms with E-state index in [0.717, 1.165) is 11.4 Å². The second-order valence-corrected chi connectivity index (χ2v) is 7.34. The van der Waals surface area contributed by atoms with Gasteiger partial charge in [0.2, 0.25) is 5.13 Å². The van der Waals surface area contributed by atoms with Gasteiger partial charge in [0.25, 0.3) is 11.8 Å². The Morgan fingerprint density at radius 2 is 1.74 bits per heavy atom. The Bertz CT molecular complexity index is 1010. The van der Waals surface area contributed by atoms with Crippen molar-refractivity contribution in [3.8, 4) is 0 Å². The molecule has 3 rings (SSSR count). The summed E-state index contributed by atoms with van der Waals surface area (Å²) < 4.78 is 0. The van der Waals surface area contributed by atoms with Crippen molar-refractivity contribution in [1.29, 1.82) is 0 Å². The molecule has 0 atom stereocenters. The molecule has 1 aromatic heterocycles. The van der Waals surface area contributed by atoms with E-state index < -0.39 is 11.8 Å². The van der Waals surface area contributed by atoms with Gasteiger partial charge in [-0.25, -0.2) is 0 Å². The summed E-state index contributed by atoms with van der Waals surface area (Å²) in [4.78, 5) is 25.2. The van der Waals surface area contributed by atoms with Crippen LogP contribution in [0.1, 0.15) is 32.6 Å². The van der Waals surface area contributed by atoms with Gasteiger partial charge < -0.3 is 5.32 Å². The number of amides is 2. The highest BCUT2D eigenvalue weighted by atomic mass is 35.5. The second kappa shape index (κ2) is 8.47. The lowest BCUT2D eigenvalue weighted by Gasteiger charge is -2.11. The maximum Gasteiger partial charge on any atom is 0.259 e. The lowest BCUT2D eigenvalue weighted by Crippen LogP contribution is -2.18. The number of halogens is 2. The first-order valence-electron chi connectivity index (χ1n) is 7.97. The maximum absolute atomic E-state index is 12.6. The number of hydrogen-bond donors (Lipinski definition) is 2. The molecule has 3 aromatic rings. The molecule has 0 radical (unpaired) electrons. The molecule has 2 aromatic carbocycles. The number of rotatable bonds is 5. The number of para-hydroxylation sites is 1. The van der Waals surface area contributed by atoms with Gasteiger partial charge in [0, 0.05) is 5.02 Å². The summed E-state index contributed by atoms with van der Waals surface area (Å²) >= 11 is 13.3. The molecule has 9 heteroatoms. The summed E-state index contributed by atoms with van der Waals surface area (Å²) in [5.41, 5.74) is 0.851. The molecule has 0 unspecified atom stereocenters. The Hall–Kier alpha value is -2.48. The van der Waals surface area contributed by atoms with Gasteiger partial charge in [0.1, 0.15) is 5.01 Å². The highest BCUT2D eigenvalue weighted by Crippen LogP contribution is 2.24. The van der Waals surface area contributed by atoms with Crippen LogP contribution in [0.5, 0.6) is 0 Å². The largest absolute Gasteiger partial charge is 0.321 e. The molecule has 1 heterocycles. The zero-order valence-corrected chi connectivity index (χ0v) is 16.5. The normalized spacial score (nSPS) is 10.5. The van der Waals surface area contributed by atoms with Crippen molar-refractivity contribution in [3.05, 3.63) is 68.6 Å². The van der Waals surface area contributed by atoms with Crippen LogP contribution >= 0.6 is 34.5 Å². The van der Waals surface area contributed by atoms with Crippen molar-refractivity contribution < 1.29 is 9.59 Å². The standard InChI is InChI=1S/C18H14Cl2N4O2S/c1-2-15-23-24-18(27-15)22-16(25)11-5-3-4-6-14(11)21-17(26)12-9-10(19)7-8-13(12)20/h3-9H,2H2,1H3,(H,21,26)(H,22,24,25). The molecule has 0 aliphatic carbocycles. The van der Waals surface area contributed by atoms with Crippen LogP contribution < -0.4 is 10.6 Å². The van der Waals surface area contributed by atoms with Crippen LogP contribution in [0.3, 0.4) is 0 Å². The molecule has 27 heavy (non-hydrogen) atoms. The number of aryl methyl sites for hydroxylation is 1. The number of nitrogens with one attached hydrogen (secondary N) is 2. The molecule has 0 saturated carbocycles. The summed E-state index contributed by atoms with van der Waals surface area (Å²) in [5, 5.41) is 15.2. The van der Waals surface area contributed by atoms with Gasteiger partial charge in [-0.2, -0.15) is 0 Å². The zero-order chi connectivity index (χ0) is 19.4. The van der Waals surface area contributed by atoms with E-state index in [4.69, 9.17) is 23.2 Å². The number of aromatic nitrogens is 2. The number of carbonyl (C=O) groups excluding carboxylic acids is 2. The van der Waals surface area contributed by atoms with Crippen molar-refractivity contribution >= 4 is 57.2 Å². The fourth-order valence-electron chi connectivity index (χ4n) is 2.26.